The van der Waals surface area contributed by atoms with Crippen LogP contribution in [-0.4, -0.2) is 23.9 Å². The van der Waals surface area contributed by atoms with Crippen LogP contribution < -0.4 is 0 Å². The first-order chi connectivity index (χ1) is 4.38. The third-order valence-electron chi connectivity index (χ3n) is 1.67. The summed E-state index contributed by atoms with van der Waals surface area (Å²) in [5, 5.41) is 8.48. The van der Waals surface area contributed by atoms with Gasteiger partial charge in [0.1, 0.15) is 0 Å². The average Bonchev–Trinajstić information content (AvgIpc) is 2.50. The molecule has 0 saturated carbocycles. The number of aliphatic hydroxyl groups is 1. The normalized spacial score (nSPS) is 32.7. The lowest BCUT2D eigenvalue weighted by molar-refractivity contribution is 0.262. The van der Waals surface area contributed by atoms with Gasteiger partial charge in [0.05, 0.1) is 12.2 Å². The molecule has 0 aromatic carbocycles. The van der Waals surface area contributed by atoms with Crippen molar-refractivity contribution in [1.29, 1.82) is 0 Å². The maximum atomic E-state index is 8.48. The predicted octanol–water partition coefficient (Wildman–Crippen LogP) is 0.936. The minimum absolute atomic E-state index is 0.269. The average molecular weight is 130 g/mol. The third kappa shape index (κ3) is 1.95. The van der Waals surface area contributed by atoms with Gasteiger partial charge in [-0.2, -0.15) is 0 Å². The van der Waals surface area contributed by atoms with Gasteiger partial charge in [0.2, 0.25) is 0 Å². The van der Waals surface area contributed by atoms with Crippen molar-refractivity contribution in [3.8, 4) is 0 Å². The molecule has 2 nitrogen and oxygen atoms in total. The van der Waals surface area contributed by atoms with E-state index in [-0.39, 0.29) is 6.61 Å². The number of epoxide rings is 1. The van der Waals surface area contributed by atoms with Gasteiger partial charge in [0.25, 0.3) is 0 Å². The van der Waals surface area contributed by atoms with Crippen LogP contribution in [-0.2, 0) is 4.74 Å². The molecule has 0 spiro atoms. The molecule has 1 aliphatic heterocycles. The van der Waals surface area contributed by atoms with Gasteiger partial charge >= 0.3 is 0 Å². The summed E-state index contributed by atoms with van der Waals surface area (Å²) in [6.45, 7) is 2.42. The van der Waals surface area contributed by atoms with Crippen molar-refractivity contribution in [2.24, 2.45) is 0 Å². The predicted molar refractivity (Wildman–Crippen MR) is 35.3 cm³/mol. The van der Waals surface area contributed by atoms with Gasteiger partial charge in [-0.1, -0.05) is 13.3 Å². The Kier molecular flexibility index (Phi) is 2.49. The molecule has 0 aliphatic carbocycles. The summed E-state index contributed by atoms with van der Waals surface area (Å²) < 4.78 is 5.24. The Balaban J connectivity index is 1.96. The van der Waals surface area contributed by atoms with Crippen molar-refractivity contribution in [3.05, 3.63) is 0 Å². The quantitative estimate of drug-likeness (QED) is 0.574. The third-order valence-corrected chi connectivity index (χ3v) is 1.67. The van der Waals surface area contributed by atoms with Crippen LogP contribution in [0.3, 0.4) is 0 Å². The Morgan fingerprint density at radius 3 is 2.56 bits per heavy atom. The standard InChI is InChI=1S/C7H14O2/c1-2-3-6-7(9-6)4-5-8/h6-8H,2-5H2,1H3/t6-,7-/m0/s1. The monoisotopic (exact) mass is 130 g/mol. The highest BCUT2D eigenvalue weighted by molar-refractivity contribution is 4.83. The van der Waals surface area contributed by atoms with E-state index in [4.69, 9.17) is 9.84 Å². The highest BCUT2D eigenvalue weighted by atomic mass is 16.6. The molecule has 1 aliphatic rings. The topological polar surface area (TPSA) is 32.8 Å². The molecule has 0 aromatic heterocycles. The number of rotatable bonds is 4. The maximum absolute atomic E-state index is 8.48. The van der Waals surface area contributed by atoms with E-state index >= 15 is 0 Å². The fraction of sp³-hybridized carbons (Fsp3) is 1.00. The van der Waals surface area contributed by atoms with Crippen molar-refractivity contribution in [1.82, 2.24) is 0 Å². The minimum Gasteiger partial charge on any atom is -0.396 e. The van der Waals surface area contributed by atoms with Gasteiger partial charge < -0.3 is 9.84 Å². The number of aliphatic hydroxyl groups excluding tert-OH is 1. The molecule has 0 unspecified atom stereocenters. The molecule has 1 N–H and O–H groups in total. The molecule has 0 aromatic rings. The number of hydrogen-bond acceptors (Lipinski definition) is 2. The summed E-state index contributed by atoms with van der Waals surface area (Å²) in [6, 6.07) is 0. The van der Waals surface area contributed by atoms with Gasteiger partial charge in [0.15, 0.2) is 0 Å². The number of hydrogen-bond donors (Lipinski definition) is 1. The molecule has 1 saturated heterocycles. The van der Waals surface area contributed by atoms with Crippen LogP contribution in [0.25, 0.3) is 0 Å². The van der Waals surface area contributed by atoms with E-state index in [1.807, 2.05) is 0 Å². The maximum Gasteiger partial charge on any atom is 0.0863 e. The zero-order valence-corrected chi connectivity index (χ0v) is 5.84. The van der Waals surface area contributed by atoms with Crippen LogP contribution in [0.4, 0.5) is 0 Å². The molecule has 0 bridgehead atoms. The first-order valence-electron chi connectivity index (χ1n) is 3.64. The molecule has 1 fully saturated rings. The van der Waals surface area contributed by atoms with Crippen molar-refractivity contribution >= 4 is 0 Å². The van der Waals surface area contributed by atoms with Crippen molar-refractivity contribution in [2.45, 2.75) is 38.4 Å². The second-order valence-electron chi connectivity index (χ2n) is 2.51. The zero-order valence-electron chi connectivity index (χ0n) is 5.84. The summed E-state index contributed by atoms with van der Waals surface area (Å²) in [7, 11) is 0. The highest BCUT2D eigenvalue weighted by Crippen LogP contribution is 2.28. The summed E-state index contributed by atoms with van der Waals surface area (Å²) in [5.41, 5.74) is 0. The van der Waals surface area contributed by atoms with E-state index in [1.54, 1.807) is 0 Å². The lowest BCUT2D eigenvalue weighted by atomic mass is 10.2. The fourth-order valence-corrected chi connectivity index (χ4v) is 1.10. The smallest absolute Gasteiger partial charge is 0.0863 e. The van der Waals surface area contributed by atoms with E-state index < -0.39 is 0 Å². The molecule has 1 rings (SSSR count). The molecule has 1 heterocycles. The van der Waals surface area contributed by atoms with Crippen molar-refractivity contribution in [2.75, 3.05) is 6.61 Å². The van der Waals surface area contributed by atoms with Crippen LogP contribution in [0.2, 0.25) is 0 Å². The van der Waals surface area contributed by atoms with Gasteiger partial charge in [-0.05, 0) is 12.8 Å². The molecule has 2 heteroatoms. The molecule has 0 amide bonds. The molecular formula is C7H14O2. The Morgan fingerprint density at radius 1 is 1.33 bits per heavy atom. The molecule has 0 radical (unpaired) electrons. The number of ether oxygens (including phenoxy) is 1. The lowest BCUT2D eigenvalue weighted by Crippen LogP contribution is -1.95. The Bertz CT molecular complexity index is 73.0. The van der Waals surface area contributed by atoms with Crippen molar-refractivity contribution < 1.29 is 9.84 Å². The summed E-state index contributed by atoms with van der Waals surface area (Å²) in [5.74, 6) is 0. The largest absolute Gasteiger partial charge is 0.396 e. The van der Waals surface area contributed by atoms with Crippen LogP contribution in [0.15, 0.2) is 0 Å². The molecule has 2 atom stereocenters. The van der Waals surface area contributed by atoms with E-state index in [1.165, 1.54) is 6.42 Å². The Labute approximate surface area is 55.8 Å². The van der Waals surface area contributed by atoms with E-state index in [9.17, 15) is 0 Å². The molecule has 9 heavy (non-hydrogen) atoms. The second-order valence-corrected chi connectivity index (χ2v) is 2.51. The van der Waals surface area contributed by atoms with Crippen molar-refractivity contribution in [3.63, 3.8) is 0 Å². The summed E-state index contributed by atoms with van der Waals surface area (Å²) in [6.07, 6.45) is 4.03. The van der Waals surface area contributed by atoms with E-state index in [0.717, 1.165) is 12.8 Å². The van der Waals surface area contributed by atoms with Gasteiger partial charge in [-0.25, -0.2) is 0 Å². The first-order valence-corrected chi connectivity index (χ1v) is 3.64. The van der Waals surface area contributed by atoms with Crippen LogP contribution in [0.1, 0.15) is 26.2 Å². The Morgan fingerprint density at radius 2 is 2.00 bits per heavy atom. The first kappa shape index (κ1) is 7.03. The molecular weight excluding hydrogens is 116 g/mol. The van der Waals surface area contributed by atoms with E-state index in [0.29, 0.717) is 12.2 Å². The van der Waals surface area contributed by atoms with Gasteiger partial charge in [-0.3, -0.25) is 0 Å². The summed E-state index contributed by atoms with van der Waals surface area (Å²) in [4.78, 5) is 0. The Hall–Kier alpha value is -0.0800. The van der Waals surface area contributed by atoms with Gasteiger partial charge in [-0.15, -0.1) is 0 Å². The van der Waals surface area contributed by atoms with Crippen LogP contribution in [0, 0.1) is 0 Å². The van der Waals surface area contributed by atoms with E-state index in [2.05, 4.69) is 6.92 Å². The fourth-order valence-electron chi connectivity index (χ4n) is 1.10. The highest BCUT2D eigenvalue weighted by Gasteiger charge is 2.36. The summed E-state index contributed by atoms with van der Waals surface area (Å²) >= 11 is 0. The van der Waals surface area contributed by atoms with Gasteiger partial charge in [0, 0.05) is 6.61 Å². The molecule has 54 valence electrons. The SMILES string of the molecule is CCC[C@@H]1O[C@H]1CCO. The van der Waals surface area contributed by atoms with Crippen LogP contribution >= 0.6 is 0 Å². The lowest BCUT2D eigenvalue weighted by Gasteiger charge is -1.87. The zero-order chi connectivity index (χ0) is 6.69. The van der Waals surface area contributed by atoms with Crippen LogP contribution in [0.5, 0.6) is 0 Å². The minimum atomic E-state index is 0.269. The second kappa shape index (κ2) is 3.18.